The lowest BCUT2D eigenvalue weighted by Gasteiger charge is -2.30. The van der Waals surface area contributed by atoms with E-state index in [1.54, 1.807) is 26.0 Å². The highest BCUT2D eigenvalue weighted by molar-refractivity contribution is 6.58. The highest BCUT2D eigenvalue weighted by Gasteiger charge is 2.54. The van der Waals surface area contributed by atoms with E-state index < -0.39 is 6.97 Å². The van der Waals surface area contributed by atoms with E-state index in [4.69, 9.17) is 0 Å². The zero-order chi connectivity index (χ0) is 24.5. The molecule has 1 aromatic heterocycles. The van der Waals surface area contributed by atoms with Crippen LogP contribution in [0.2, 0.25) is 0 Å². The summed E-state index contributed by atoms with van der Waals surface area (Å²) < 4.78 is 34.4. The van der Waals surface area contributed by atoms with Gasteiger partial charge in [-0.15, -0.1) is 0 Å². The fourth-order valence-electron chi connectivity index (χ4n) is 5.71. The monoisotopic (exact) mass is 458 g/mol. The van der Waals surface area contributed by atoms with Crippen LogP contribution in [0.1, 0.15) is 49.7 Å². The molecule has 5 rings (SSSR count). The van der Waals surface area contributed by atoms with Gasteiger partial charge in [-0.3, -0.25) is 9.59 Å². The van der Waals surface area contributed by atoms with Crippen LogP contribution >= 0.6 is 0 Å². The maximum atomic E-state index is 16.0. The van der Waals surface area contributed by atoms with E-state index in [-0.39, 0.29) is 11.6 Å². The number of carbonyl (C=O) groups is 2. The zero-order valence-corrected chi connectivity index (χ0v) is 19.9. The minimum absolute atomic E-state index is 0.227. The number of aromatic nitrogens is 1. The molecule has 4 nitrogen and oxygen atoms in total. The molecule has 1 aromatic carbocycles. The molecule has 0 bridgehead atoms. The van der Waals surface area contributed by atoms with Crippen molar-refractivity contribution >= 4 is 35.9 Å². The average molecular weight is 458 g/mol. The highest BCUT2D eigenvalue weighted by atomic mass is 19.2. The number of carbonyl (C=O) groups excluding carboxylic acids is 2. The Balaban J connectivity index is 1.64. The van der Waals surface area contributed by atoms with Gasteiger partial charge in [0.15, 0.2) is 17.3 Å². The topological polar surface area (TPSA) is 42.1 Å². The third-order valence-electron chi connectivity index (χ3n) is 7.32. The molecule has 0 saturated carbocycles. The SMILES string of the molecule is CCC1=C(C)C2=Cc3c(C)c(-c4ccc(C5=CC(=O)C=CC5=O)cc4)c(C)n3[B-](F)(F)[N+]2=C1C. The van der Waals surface area contributed by atoms with Crippen LogP contribution in [0.15, 0.2) is 59.3 Å². The third-order valence-corrected chi connectivity index (χ3v) is 7.32. The van der Waals surface area contributed by atoms with Gasteiger partial charge < -0.3 is 17.6 Å². The normalized spacial score (nSPS) is 18.9. The van der Waals surface area contributed by atoms with E-state index in [9.17, 15) is 9.59 Å². The summed E-state index contributed by atoms with van der Waals surface area (Å²) in [5.74, 6) is -0.457. The first-order chi connectivity index (χ1) is 16.1. The molecule has 0 radical (unpaired) electrons. The molecule has 7 heteroatoms. The molecular formula is C27H25BF2N2O2. The van der Waals surface area contributed by atoms with Crippen LogP contribution in [0.4, 0.5) is 8.63 Å². The maximum absolute atomic E-state index is 16.0. The Bertz CT molecular complexity index is 1460. The van der Waals surface area contributed by atoms with Crippen LogP contribution in [0, 0.1) is 13.8 Å². The first-order valence-electron chi connectivity index (χ1n) is 11.5. The van der Waals surface area contributed by atoms with Crippen molar-refractivity contribution in [2.75, 3.05) is 0 Å². The Labute approximate surface area is 197 Å². The molecule has 2 aliphatic heterocycles. The molecule has 0 unspecified atom stereocenters. The second-order valence-corrected chi connectivity index (χ2v) is 9.11. The number of fused-ring (bicyclic) bond motifs is 2. The highest BCUT2D eigenvalue weighted by Crippen LogP contribution is 2.43. The molecular weight excluding hydrogens is 433 g/mol. The summed E-state index contributed by atoms with van der Waals surface area (Å²) in [4.78, 5) is 23.9. The molecule has 0 spiro atoms. The number of rotatable bonds is 3. The van der Waals surface area contributed by atoms with Crippen molar-refractivity contribution in [1.29, 1.82) is 0 Å². The van der Waals surface area contributed by atoms with E-state index in [1.165, 1.54) is 27.2 Å². The van der Waals surface area contributed by atoms with Crippen molar-refractivity contribution in [3.63, 3.8) is 0 Å². The Hall–Kier alpha value is -3.61. The molecule has 0 N–H and O–H groups in total. The lowest BCUT2D eigenvalue weighted by Crippen LogP contribution is -2.50. The lowest BCUT2D eigenvalue weighted by molar-refractivity contribution is -0.363. The number of nitrogens with zero attached hydrogens (tertiary/aromatic N) is 2. The van der Waals surface area contributed by atoms with Gasteiger partial charge in [0.25, 0.3) is 0 Å². The van der Waals surface area contributed by atoms with Gasteiger partial charge in [0, 0.05) is 41.0 Å². The van der Waals surface area contributed by atoms with Gasteiger partial charge in [-0.1, -0.05) is 31.2 Å². The summed E-state index contributed by atoms with van der Waals surface area (Å²) in [5, 5.41) is 0. The predicted molar refractivity (Wildman–Crippen MR) is 132 cm³/mol. The van der Waals surface area contributed by atoms with Crippen molar-refractivity contribution in [1.82, 2.24) is 4.48 Å². The van der Waals surface area contributed by atoms with E-state index in [1.807, 2.05) is 39.0 Å². The molecule has 34 heavy (non-hydrogen) atoms. The molecule has 3 aliphatic rings. The largest absolute Gasteiger partial charge is 0.737 e. The van der Waals surface area contributed by atoms with Crippen molar-refractivity contribution < 1.29 is 22.7 Å². The maximum Gasteiger partial charge on any atom is 0.737 e. The van der Waals surface area contributed by atoms with Crippen LogP contribution in [0.25, 0.3) is 22.8 Å². The molecule has 0 amide bonds. The molecule has 3 heterocycles. The van der Waals surface area contributed by atoms with Crippen LogP contribution < -0.4 is 0 Å². The van der Waals surface area contributed by atoms with Crippen molar-refractivity contribution in [2.24, 2.45) is 0 Å². The Morgan fingerprint density at radius 3 is 2.24 bits per heavy atom. The van der Waals surface area contributed by atoms with Crippen LogP contribution in [0.5, 0.6) is 0 Å². The molecule has 0 atom stereocenters. The first kappa shape index (κ1) is 22.2. The standard InChI is InChI=1S/C27H25BF2N2O2/c1-6-22-15(2)24-14-25-16(3)27(18(5)32(25)28(29,30)31(24)17(22)4)20-9-7-19(8-10-20)23-13-21(33)11-12-26(23)34/h7-14H,6H2,1-5H3. The molecule has 172 valence electrons. The van der Waals surface area contributed by atoms with Gasteiger partial charge in [-0.05, 0) is 67.8 Å². The second kappa shape index (κ2) is 7.45. The number of hydrogen-bond acceptors (Lipinski definition) is 2. The Kier molecular flexibility index (Phi) is 4.87. The van der Waals surface area contributed by atoms with Gasteiger partial charge in [0.05, 0.1) is 0 Å². The number of ketones is 2. The van der Waals surface area contributed by atoms with Gasteiger partial charge >= 0.3 is 6.97 Å². The van der Waals surface area contributed by atoms with Crippen molar-refractivity contribution in [3.05, 3.63) is 81.9 Å². The number of benzene rings is 1. The summed E-state index contributed by atoms with van der Waals surface area (Å²) in [5.41, 5.74) is 7.42. The summed E-state index contributed by atoms with van der Waals surface area (Å²) in [6.07, 6.45) is 6.43. The first-order valence-corrected chi connectivity index (χ1v) is 11.5. The fourth-order valence-corrected chi connectivity index (χ4v) is 5.71. The van der Waals surface area contributed by atoms with Gasteiger partial charge in [0.2, 0.25) is 0 Å². The van der Waals surface area contributed by atoms with Crippen molar-refractivity contribution in [3.8, 4) is 11.1 Å². The summed E-state index contributed by atoms with van der Waals surface area (Å²) in [6.45, 7) is 5.25. The summed E-state index contributed by atoms with van der Waals surface area (Å²) >= 11 is 0. The number of halogens is 2. The minimum Gasteiger partial charge on any atom is -0.393 e. The average Bonchev–Trinajstić information content (AvgIpc) is 3.20. The van der Waals surface area contributed by atoms with E-state index in [2.05, 4.69) is 0 Å². The summed E-state index contributed by atoms with van der Waals surface area (Å²) in [7, 11) is 0. The molecule has 0 saturated heterocycles. The molecule has 1 aliphatic carbocycles. The third kappa shape index (κ3) is 2.92. The fraction of sp³-hybridized carbons (Fsp3) is 0.222. The van der Waals surface area contributed by atoms with Crippen LogP contribution in [-0.4, -0.2) is 33.2 Å². The van der Waals surface area contributed by atoms with Gasteiger partial charge in [0.1, 0.15) is 5.71 Å². The molecule has 2 aromatic rings. The van der Waals surface area contributed by atoms with E-state index >= 15 is 8.63 Å². The van der Waals surface area contributed by atoms with Crippen LogP contribution in [-0.2, 0) is 9.59 Å². The Morgan fingerprint density at radius 1 is 0.941 bits per heavy atom. The van der Waals surface area contributed by atoms with E-state index in [0.29, 0.717) is 40.4 Å². The van der Waals surface area contributed by atoms with Crippen LogP contribution in [0.3, 0.4) is 0 Å². The summed E-state index contributed by atoms with van der Waals surface area (Å²) in [6, 6.07) is 7.17. The van der Waals surface area contributed by atoms with Crippen molar-refractivity contribution in [2.45, 2.75) is 41.0 Å². The number of allylic oxidation sites excluding steroid dienone is 6. The lowest BCUT2D eigenvalue weighted by atomic mass is 9.89. The second-order valence-electron chi connectivity index (χ2n) is 9.11. The van der Waals surface area contributed by atoms with E-state index in [0.717, 1.165) is 27.8 Å². The van der Waals surface area contributed by atoms with Gasteiger partial charge in [-0.2, -0.15) is 0 Å². The molecule has 0 fully saturated rings. The quantitative estimate of drug-likeness (QED) is 0.441. The Morgan fingerprint density at radius 2 is 1.59 bits per heavy atom. The smallest absolute Gasteiger partial charge is 0.393 e. The predicted octanol–water partition coefficient (Wildman–Crippen LogP) is 5.65. The zero-order valence-electron chi connectivity index (χ0n) is 19.9. The number of hydrogen-bond donors (Lipinski definition) is 0. The minimum atomic E-state index is -4.05. The van der Waals surface area contributed by atoms with Gasteiger partial charge in [-0.25, -0.2) is 0 Å².